The summed E-state index contributed by atoms with van der Waals surface area (Å²) in [5, 5.41) is 2.93. The van der Waals surface area contributed by atoms with Gasteiger partial charge in [0.15, 0.2) is 0 Å². The van der Waals surface area contributed by atoms with E-state index >= 15 is 0 Å². The van der Waals surface area contributed by atoms with Crippen LogP contribution in [-0.2, 0) is 26.2 Å². The number of amides is 3. The number of carbonyl (C=O) groups is 3. The molecule has 1 atom stereocenters. The van der Waals surface area contributed by atoms with Crippen LogP contribution >= 0.6 is 0 Å². The zero-order valence-corrected chi connectivity index (χ0v) is 22.2. The molecule has 3 amide bonds. The van der Waals surface area contributed by atoms with Gasteiger partial charge in [0, 0.05) is 26.1 Å². The number of benzene rings is 2. The Hall–Kier alpha value is -3.20. The summed E-state index contributed by atoms with van der Waals surface area (Å²) in [5.41, 5.74) is 2.11. The van der Waals surface area contributed by atoms with Crippen molar-refractivity contribution in [1.82, 2.24) is 14.5 Å². The van der Waals surface area contributed by atoms with E-state index in [-0.39, 0.29) is 54.1 Å². The maximum absolute atomic E-state index is 13.4. The monoisotopic (exact) mass is 513 g/mol. The van der Waals surface area contributed by atoms with Gasteiger partial charge in [0.2, 0.25) is 11.8 Å². The Labute approximate surface area is 213 Å². The van der Waals surface area contributed by atoms with Gasteiger partial charge in [-0.15, -0.1) is 0 Å². The summed E-state index contributed by atoms with van der Waals surface area (Å²) in [4.78, 5) is 40.6. The minimum Gasteiger partial charge on any atom is -0.354 e. The van der Waals surface area contributed by atoms with Crippen LogP contribution in [-0.4, -0.2) is 54.5 Å². The predicted molar refractivity (Wildman–Crippen MR) is 138 cm³/mol. The van der Waals surface area contributed by atoms with Gasteiger partial charge in [-0.05, 0) is 43.4 Å². The van der Waals surface area contributed by atoms with E-state index in [9.17, 15) is 22.8 Å². The molecule has 0 spiro atoms. The Morgan fingerprint density at radius 2 is 1.81 bits per heavy atom. The van der Waals surface area contributed by atoms with Gasteiger partial charge >= 0.3 is 0 Å². The van der Waals surface area contributed by atoms with Crippen LogP contribution in [0.4, 0.5) is 0 Å². The van der Waals surface area contributed by atoms with Crippen molar-refractivity contribution < 1.29 is 22.8 Å². The van der Waals surface area contributed by atoms with Crippen molar-refractivity contribution in [2.45, 2.75) is 64.4 Å². The van der Waals surface area contributed by atoms with Crippen LogP contribution in [0.2, 0.25) is 0 Å². The van der Waals surface area contributed by atoms with Crippen LogP contribution in [0, 0.1) is 12.8 Å². The first-order valence-corrected chi connectivity index (χ1v) is 13.8. The Morgan fingerprint density at radius 1 is 1.08 bits per heavy atom. The highest BCUT2D eigenvalue weighted by Crippen LogP contribution is 2.30. The number of hydrogen-bond donors (Lipinski definition) is 1. The van der Waals surface area contributed by atoms with Crippen LogP contribution in [0.5, 0.6) is 0 Å². The molecule has 0 saturated heterocycles. The summed E-state index contributed by atoms with van der Waals surface area (Å²) < 4.78 is 26.4. The summed E-state index contributed by atoms with van der Waals surface area (Å²) >= 11 is 0. The number of carbonyl (C=O) groups excluding carboxylic acids is 3. The zero-order valence-electron chi connectivity index (χ0n) is 21.4. The molecule has 194 valence electrons. The number of sulfonamides is 1. The second kappa shape index (κ2) is 11.7. The standard InChI is InChI=1S/C27H35N3O5S/c1-5-23(26(32)28-17-19(2)3)29(18-21-11-8-10-20(4)16-21)25(31)14-9-15-30-27(33)22-12-6-7-13-24(22)36(30,34)35/h6-8,10-13,16,19,23H,5,9,14-15,17-18H2,1-4H3,(H,28,32)/t23-/m0/s1. The van der Waals surface area contributed by atoms with E-state index in [1.165, 1.54) is 12.1 Å². The lowest BCUT2D eigenvalue weighted by Crippen LogP contribution is -2.49. The van der Waals surface area contributed by atoms with Gasteiger partial charge in [0.05, 0.1) is 5.56 Å². The Morgan fingerprint density at radius 3 is 2.44 bits per heavy atom. The molecule has 3 rings (SSSR count). The lowest BCUT2D eigenvalue weighted by atomic mass is 10.1. The molecule has 9 heteroatoms. The van der Waals surface area contributed by atoms with Crippen molar-refractivity contribution in [3.63, 3.8) is 0 Å². The molecule has 2 aromatic rings. The molecule has 0 aliphatic carbocycles. The van der Waals surface area contributed by atoms with Crippen LogP contribution in [0.1, 0.15) is 61.5 Å². The van der Waals surface area contributed by atoms with E-state index in [0.29, 0.717) is 13.0 Å². The van der Waals surface area contributed by atoms with Gasteiger partial charge in [-0.2, -0.15) is 0 Å². The maximum atomic E-state index is 13.4. The average molecular weight is 514 g/mol. The molecule has 0 radical (unpaired) electrons. The third-order valence-electron chi connectivity index (χ3n) is 6.17. The highest BCUT2D eigenvalue weighted by molar-refractivity contribution is 7.90. The topological polar surface area (TPSA) is 104 Å². The number of nitrogens with zero attached hydrogens (tertiary/aromatic N) is 2. The quantitative estimate of drug-likeness (QED) is 0.495. The van der Waals surface area contributed by atoms with Crippen molar-refractivity contribution in [2.24, 2.45) is 5.92 Å². The van der Waals surface area contributed by atoms with Gasteiger partial charge in [-0.1, -0.05) is 62.7 Å². The van der Waals surface area contributed by atoms with Crippen molar-refractivity contribution in [2.75, 3.05) is 13.1 Å². The number of rotatable bonds is 11. The normalized spacial score (nSPS) is 15.0. The predicted octanol–water partition coefficient (Wildman–Crippen LogP) is 3.50. The fourth-order valence-corrected chi connectivity index (χ4v) is 5.93. The molecule has 1 aliphatic heterocycles. The minimum absolute atomic E-state index is 0.00438. The lowest BCUT2D eigenvalue weighted by molar-refractivity contribution is -0.141. The Kier molecular flexibility index (Phi) is 8.89. The molecule has 8 nitrogen and oxygen atoms in total. The van der Waals surface area contributed by atoms with Crippen molar-refractivity contribution >= 4 is 27.7 Å². The fourth-order valence-electron chi connectivity index (χ4n) is 4.32. The maximum Gasteiger partial charge on any atom is 0.269 e. The zero-order chi connectivity index (χ0) is 26.5. The van der Waals surface area contributed by atoms with Gasteiger partial charge < -0.3 is 10.2 Å². The first-order valence-electron chi connectivity index (χ1n) is 12.3. The summed E-state index contributed by atoms with van der Waals surface area (Å²) in [6.07, 6.45) is 0.608. The van der Waals surface area contributed by atoms with Gasteiger partial charge in [-0.3, -0.25) is 14.4 Å². The Bertz CT molecular complexity index is 1230. The van der Waals surface area contributed by atoms with Gasteiger partial charge in [0.25, 0.3) is 15.9 Å². The van der Waals surface area contributed by atoms with Crippen molar-refractivity contribution in [3.8, 4) is 0 Å². The van der Waals surface area contributed by atoms with Crippen molar-refractivity contribution in [1.29, 1.82) is 0 Å². The number of hydrogen-bond acceptors (Lipinski definition) is 5. The second-order valence-corrected chi connectivity index (χ2v) is 11.4. The third kappa shape index (κ3) is 6.13. The summed E-state index contributed by atoms with van der Waals surface area (Å²) in [6, 6.07) is 13.2. The summed E-state index contributed by atoms with van der Waals surface area (Å²) in [7, 11) is -3.92. The number of fused-ring (bicyclic) bond motifs is 1. The molecule has 1 heterocycles. The fraction of sp³-hybridized carbons (Fsp3) is 0.444. The van der Waals surface area contributed by atoms with E-state index in [2.05, 4.69) is 5.32 Å². The Balaban J connectivity index is 1.74. The molecular formula is C27H35N3O5S. The van der Waals surface area contributed by atoms with E-state index < -0.39 is 22.0 Å². The van der Waals surface area contributed by atoms with E-state index in [1.54, 1.807) is 17.0 Å². The highest BCUT2D eigenvalue weighted by atomic mass is 32.2. The minimum atomic E-state index is -3.92. The first-order chi connectivity index (χ1) is 17.1. The molecule has 0 fully saturated rings. The van der Waals surface area contributed by atoms with Crippen LogP contribution < -0.4 is 5.32 Å². The van der Waals surface area contributed by atoms with Crippen LogP contribution in [0.3, 0.4) is 0 Å². The molecule has 0 unspecified atom stereocenters. The van der Waals surface area contributed by atoms with E-state index in [0.717, 1.165) is 15.4 Å². The van der Waals surface area contributed by atoms with E-state index in [4.69, 9.17) is 0 Å². The smallest absolute Gasteiger partial charge is 0.269 e. The average Bonchev–Trinajstić information content (AvgIpc) is 3.03. The van der Waals surface area contributed by atoms with Crippen molar-refractivity contribution in [3.05, 3.63) is 65.2 Å². The number of aryl methyl sites for hydroxylation is 1. The van der Waals surface area contributed by atoms with E-state index in [1.807, 2.05) is 52.0 Å². The summed E-state index contributed by atoms with van der Waals surface area (Å²) in [6.45, 7) is 8.51. The largest absolute Gasteiger partial charge is 0.354 e. The van der Waals surface area contributed by atoms with Gasteiger partial charge in [-0.25, -0.2) is 12.7 Å². The molecule has 1 aliphatic rings. The van der Waals surface area contributed by atoms with Gasteiger partial charge in [0.1, 0.15) is 10.9 Å². The second-order valence-electron chi connectivity index (χ2n) is 9.56. The molecule has 0 saturated carbocycles. The van der Waals surface area contributed by atoms with Crippen LogP contribution in [0.15, 0.2) is 53.4 Å². The highest BCUT2D eigenvalue weighted by Gasteiger charge is 2.40. The third-order valence-corrected chi connectivity index (χ3v) is 8.01. The molecule has 1 N–H and O–H groups in total. The number of nitrogens with one attached hydrogen (secondary N) is 1. The molecule has 36 heavy (non-hydrogen) atoms. The van der Waals surface area contributed by atoms with Crippen LogP contribution in [0.25, 0.3) is 0 Å². The molecule has 0 bridgehead atoms. The first kappa shape index (κ1) is 27.4. The molecule has 2 aromatic carbocycles. The summed E-state index contributed by atoms with van der Waals surface area (Å²) in [5.74, 6) is -0.768. The lowest BCUT2D eigenvalue weighted by Gasteiger charge is -2.31. The SMILES string of the molecule is CC[C@@H](C(=O)NCC(C)C)N(Cc1cccc(C)c1)C(=O)CCCN1C(=O)c2ccccc2S1(=O)=O. The molecular weight excluding hydrogens is 478 g/mol. The molecule has 0 aromatic heterocycles.